The van der Waals surface area contributed by atoms with E-state index in [1.54, 1.807) is 0 Å². The summed E-state index contributed by atoms with van der Waals surface area (Å²) in [4.78, 5) is 26.6. The molecular weight excluding hydrogens is 1070 g/mol. The number of hydrogen-bond donors (Lipinski definition) is 0. The van der Waals surface area contributed by atoms with Crippen LogP contribution in [0.5, 0.6) is 0 Å². The van der Waals surface area contributed by atoms with Gasteiger partial charge >= 0.3 is 0 Å². The van der Waals surface area contributed by atoms with Crippen LogP contribution in [-0.2, 0) is 0 Å². The summed E-state index contributed by atoms with van der Waals surface area (Å²) in [6.07, 6.45) is 9.28. The first-order valence-corrected chi connectivity index (χ1v) is 29.2. The Bertz CT molecular complexity index is 4290. The van der Waals surface area contributed by atoms with Crippen LogP contribution in [0.2, 0.25) is 0 Å². The molecule has 6 aromatic heterocycles. The van der Waals surface area contributed by atoms with Gasteiger partial charge in [-0.05, 0) is 70.8 Å². The lowest BCUT2D eigenvalue weighted by molar-refractivity contribution is 1.33. The fraction of sp³-hybridized carbons (Fsp3) is 0. The molecule has 0 saturated heterocycles. The molecule has 0 saturated carbocycles. The van der Waals surface area contributed by atoms with Gasteiger partial charge in [0.1, 0.15) is 0 Å². The normalized spacial score (nSPS) is 10.3. The second-order valence-electron chi connectivity index (χ2n) is 20.2. The van der Waals surface area contributed by atoms with Gasteiger partial charge < -0.3 is 0 Å². The van der Waals surface area contributed by atoms with E-state index in [0.717, 1.165) is 61.9 Å². The number of rotatable bonds is 6. The fourth-order valence-corrected chi connectivity index (χ4v) is 9.86. The van der Waals surface area contributed by atoms with Gasteiger partial charge in [0.15, 0.2) is 0 Å². The molecule has 0 aliphatic carbocycles. The van der Waals surface area contributed by atoms with Crippen molar-refractivity contribution in [1.82, 2.24) is 29.9 Å². The van der Waals surface area contributed by atoms with E-state index in [1.165, 1.54) is 48.8 Å². The summed E-state index contributed by atoms with van der Waals surface area (Å²) in [5.41, 5.74) is 14.2. The van der Waals surface area contributed by atoms with E-state index in [1.807, 2.05) is 213 Å². The average Bonchev–Trinajstić information content (AvgIpc) is 3.81. The Morgan fingerprint density at radius 3 is 0.977 bits per heavy atom. The number of pyridine rings is 6. The Morgan fingerprint density at radius 1 is 0.182 bits per heavy atom. The third-order valence-corrected chi connectivity index (χ3v) is 14.3. The van der Waals surface area contributed by atoms with Crippen molar-refractivity contribution in [3.63, 3.8) is 0 Å². The number of benzene rings is 10. The molecule has 16 aromatic rings. The van der Waals surface area contributed by atoms with Crippen molar-refractivity contribution in [3.05, 3.63) is 377 Å². The maximum atomic E-state index is 4.65. The van der Waals surface area contributed by atoms with E-state index in [-0.39, 0.29) is 0 Å². The highest BCUT2D eigenvalue weighted by Gasteiger charge is 2.06. The number of para-hydroxylation sites is 1. The molecule has 10 aromatic carbocycles. The summed E-state index contributed by atoms with van der Waals surface area (Å²) in [5.74, 6) is 0. The fourth-order valence-electron chi connectivity index (χ4n) is 9.86. The number of nitrogens with zero attached hydrogens (tertiary/aromatic N) is 6. The van der Waals surface area contributed by atoms with Crippen LogP contribution in [-0.4, -0.2) is 29.9 Å². The van der Waals surface area contributed by atoms with E-state index >= 15 is 0 Å². The minimum Gasteiger partial charge on any atom is -0.256 e. The molecule has 0 aliphatic rings. The Hall–Kier alpha value is -11.9. The molecule has 6 heteroatoms. The molecule has 420 valence electrons. The van der Waals surface area contributed by atoms with Crippen LogP contribution >= 0.6 is 0 Å². The highest BCUT2D eigenvalue weighted by Crippen LogP contribution is 2.28. The summed E-state index contributed by atoms with van der Waals surface area (Å²) >= 11 is 0. The van der Waals surface area contributed by atoms with Gasteiger partial charge in [-0.2, -0.15) is 0 Å². The van der Waals surface area contributed by atoms with Crippen molar-refractivity contribution in [1.29, 1.82) is 0 Å². The molecule has 0 N–H and O–H groups in total. The van der Waals surface area contributed by atoms with Crippen LogP contribution < -0.4 is 0 Å². The van der Waals surface area contributed by atoms with Crippen LogP contribution in [0.1, 0.15) is 0 Å². The molecule has 0 bridgehead atoms. The van der Waals surface area contributed by atoms with Gasteiger partial charge in [-0.15, -0.1) is 0 Å². The van der Waals surface area contributed by atoms with Crippen LogP contribution in [0, 0.1) is 0 Å². The van der Waals surface area contributed by atoms with Gasteiger partial charge in [-0.3, -0.25) is 24.9 Å². The molecular formula is C82H62N6. The smallest absolute Gasteiger partial charge is 0.0780 e. The average molecular weight is 1130 g/mol. The van der Waals surface area contributed by atoms with E-state index in [9.17, 15) is 0 Å². The lowest BCUT2D eigenvalue weighted by Crippen LogP contribution is -1.84. The molecule has 0 aliphatic heterocycles. The quantitative estimate of drug-likeness (QED) is 0.165. The second kappa shape index (κ2) is 30.6. The highest BCUT2D eigenvalue weighted by atomic mass is 14.7. The molecule has 6 heterocycles. The van der Waals surface area contributed by atoms with Gasteiger partial charge in [0.05, 0.1) is 39.7 Å². The lowest BCUT2D eigenvalue weighted by atomic mass is 10.0. The van der Waals surface area contributed by atoms with E-state index in [4.69, 9.17) is 0 Å². The standard InChI is InChI=1S/4C15H11N.2C11H9N/c2*1-2-7-13(8-3-1)15-14-9-5-4-6-12(14)10-11-16-15;1-2-6-12(7-3-1)15-10-13-8-4-5-9-14(13)11-16-15;1-2-6-12(7-3-1)15-11-10-13-8-4-5-9-14(13)16-15;2*1-2-6-10(7-3-1)11-8-4-5-9-12-11/h4*1-11H;2*1-9H. The molecule has 0 atom stereocenters. The summed E-state index contributed by atoms with van der Waals surface area (Å²) in [7, 11) is 0. The third kappa shape index (κ3) is 15.9. The minimum absolute atomic E-state index is 1.03. The van der Waals surface area contributed by atoms with Crippen molar-refractivity contribution >= 4 is 43.2 Å². The molecule has 0 unspecified atom stereocenters. The monoisotopic (exact) mass is 1130 g/mol. The first kappa shape index (κ1) is 57.9. The first-order chi connectivity index (χ1) is 43.7. The van der Waals surface area contributed by atoms with Crippen LogP contribution in [0.25, 0.3) is 111 Å². The summed E-state index contributed by atoms with van der Waals surface area (Å²) in [6, 6.07) is 117. The Kier molecular flexibility index (Phi) is 20.2. The predicted octanol–water partition coefficient (Wildman–Crippen LogP) is 21.1. The van der Waals surface area contributed by atoms with E-state index < -0.39 is 0 Å². The Labute approximate surface area is 514 Å². The maximum Gasteiger partial charge on any atom is 0.0780 e. The van der Waals surface area contributed by atoms with Crippen LogP contribution in [0.15, 0.2) is 377 Å². The Morgan fingerprint density at radius 2 is 0.534 bits per heavy atom. The van der Waals surface area contributed by atoms with Gasteiger partial charge in [0.25, 0.3) is 0 Å². The molecule has 0 amide bonds. The lowest BCUT2D eigenvalue weighted by Gasteiger charge is -2.04. The zero-order chi connectivity index (χ0) is 59.6. The SMILES string of the molecule is c1ccc(-c2cc3ccccc3cn2)cc1.c1ccc(-c2ccc3ccccc3n2)cc1.c1ccc(-c2ccccn2)cc1.c1ccc(-c2ccccn2)cc1.c1ccc(-c2nccc3ccccc23)cc1.c1ccc(-c2nccc3ccccc23)cc1. The predicted molar refractivity (Wildman–Crippen MR) is 368 cm³/mol. The number of hydrogen-bond acceptors (Lipinski definition) is 6. The van der Waals surface area contributed by atoms with Crippen molar-refractivity contribution in [3.8, 4) is 67.5 Å². The van der Waals surface area contributed by atoms with E-state index in [0.29, 0.717) is 0 Å². The molecule has 0 radical (unpaired) electrons. The molecule has 0 spiro atoms. The summed E-state index contributed by atoms with van der Waals surface area (Å²) in [5, 5.41) is 8.47. The molecule has 0 fully saturated rings. The van der Waals surface area contributed by atoms with Gasteiger partial charge in [0, 0.05) is 85.9 Å². The van der Waals surface area contributed by atoms with Crippen LogP contribution in [0.3, 0.4) is 0 Å². The van der Waals surface area contributed by atoms with Crippen molar-refractivity contribution in [2.45, 2.75) is 0 Å². The van der Waals surface area contributed by atoms with Crippen molar-refractivity contribution < 1.29 is 0 Å². The van der Waals surface area contributed by atoms with Gasteiger partial charge in [0.2, 0.25) is 0 Å². The Balaban J connectivity index is 0.000000110. The third-order valence-electron chi connectivity index (χ3n) is 14.3. The highest BCUT2D eigenvalue weighted by molar-refractivity contribution is 5.95. The van der Waals surface area contributed by atoms with Crippen molar-refractivity contribution in [2.24, 2.45) is 0 Å². The van der Waals surface area contributed by atoms with Gasteiger partial charge in [-0.1, -0.05) is 291 Å². The van der Waals surface area contributed by atoms with E-state index in [2.05, 4.69) is 194 Å². The summed E-state index contributed by atoms with van der Waals surface area (Å²) in [6.45, 7) is 0. The van der Waals surface area contributed by atoms with Crippen molar-refractivity contribution in [2.75, 3.05) is 0 Å². The zero-order valence-electron chi connectivity index (χ0n) is 48.5. The van der Waals surface area contributed by atoms with Gasteiger partial charge in [-0.25, -0.2) is 4.98 Å². The number of fused-ring (bicyclic) bond motifs is 4. The molecule has 88 heavy (non-hydrogen) atoms. The van der Waals surface area contributed by atoms with Crippen LogP contribution in [0.4, 0.5) is 0 Å². The molecule has 6 nitrogen and oxygen atoms in total. The largest absolute Gasteiger partial charge is 0.256 e. The minimum atomic E-state index is 1.03. The number of aromatic nitrogens is 6. The maximum absolute atomic E-state index is 4.65. The molecule has 16 rings (SSSR count). The summed E-state index contributed by atoms with van der Waals surface area (Å²) < 4.78 is 0. The zero-order valence-corrected chi connectivity index (χ0v) is 48.5. The second-order valence-corrected chi connectivity index (χ2v) is 20.2. The first-order valence-electron chi connectivity index (χ1n) is 29.2. The topological polar surface area (TPSA) is 77.3 Å².